The predicted molar refractivity (Wildman–Crippen MR) is 106 cm³/mol. The Labute approximate surface area is 160 Å². The Kier molecular flexibility index (Phi) is 6.13. The van der Waals surface area contributed by atoms with Crippen molar-refractivity contribution in [3.8, 4) is 11.1 Å². The second-order valence-electron chi connectivity index (χ2n) is 6.55. The molecule has 6 nitrogen and oxygen atoms in total. The van der Waals surface area contributed by atoms with E-state index in [9.17, 15) is 13.2 Å². The van der Waals surface area contributed by atoms with Gasteiger partial charge in [-0.25, -0.2) is 13.2 Å². The van der Waals surface area contributed by atoms with Gasteiger partial charge in [0.2, 0.25) is 10.0 Å². The summed E-state index contributed by atoms with van der Waals surface area (Å²) in [5, 5.41) is 0. The molecule has 2 amide bonds. The SMILES string of the molecule is CCN(NC(=O)N1CCC1)S(=O)(=O)CCc1cccc(-c2ccccc2)c1. The second kappa shape index (κ2) is 8.54. The van der Waals surface area contributed by atoms with Crippen molar-refractivity contribution in [2.45, 2.75) is 19.8 Å². The third-order valence-corrected chi connectivity index (χ3v) is 6.41. The zero-order chi connectivity index (χ0) is 19.3. The van der Waals surface area contributed by atoms with Crippen LogP contribution in [0.25, 0.3) is 11.1 Å². The lowest BCUT2D eigenvalue weighted by Crippen LogP contribution is -2.55. The summed E-state index contributed by atoms with van der Waals surface area (Å²) < 4.78 is 26.3. The molecule has 1 fully saturated rings. The van der Waals surface area contributed by atoms with Crippen LogP contribution in [0.5, 0.6) is 0 Å². The van der Waals surface area contributed by atoms with E-state index in [-0.39, 0.29) is 18.3 Å². The Hall–Kier alpha value is -2.38. The predicted octanol–water partition coefficient (Wildman–Crippen LogP) is 2.88. The number of hydrogen-bond acceptors (Lipinski definition) is 3. The number of nitrogens with zero attached hydrogens (tertiary/aromatic N) is 2. The van der Waals surface area contributed by atoms with Crippen LogP contribution in [0.3, 0.4) is 0 Å². The highest BCUT2D eigenvalue weighted by Crippen LogP contribution is 2.20. The molecule has 0 radical (unpaired) electrons. The van der Waals surface area contributed by atoms with E-state index in [0.717, 1.165) is 27.5 Å². The van der Waals surface area contributed by atoms with Gasteiger partial charge in [0, 0.05) is 19.6 Å². The summed E-state index contributed by atoms with van der Waals surface area (Å²) in [7, 11) is -3.59. The molecule has 0 unspecified atom stereocenters. The molecule has 0 atom stereocenters. The fourth-order valence-corrected chi connectivity index (χ4v) is 4.26. The van der Waals surface area contributed by atoms with Crippen LogP contribution in [0, 0.1) is 0 Å². The van der Waals surface area contributed by atoms with Gasteiger partial charge in [0.25, 0.3) is 0 Å². The number of hydrazine groups is 1. The van der Waals surface area contributed by atoms with Crippen LogP contribution < -0.4 is 5.43 Å². The summed E-state index contributed by atoms with van der Waals surface area (Å²) in [4.78, 5) is 13.6. The van der Waals surface area contributed by atoms with E-state index in [2.05, 4.69) is 5.43 Å². The molecule has 3 rings (SSSR count). The summed E-state index contributed by atoms with van der Waals surface area (Å²) in [6.45, 7) is 3.27. The molecule has 0 spiro atoms. The zero-order valence-electron chi connectivity index (χ0n) is 15.5. The number of rotatable bonds is 7. The van der Waals surface area contributed by atoms with Crippen LogP contribution in [-0.2, 0) is 16.4 Å². The van der Waals surface area contributed by atoms with Crippen molar-refractivity contribution in [1.29, 1.82) is 0 Å². The molecule has 1 saturated heterocycles. The average molecular weight is 388 g/mol. The molecule has 1 aliphatic rings. The van der Waals surface area contributed by atoms with Crippen LogP contribution in [0.4, 0.5) is 4.79 Å². The van der Waals surface area contributed by atoms with E-state index < -0.39 is 10.0 Å². The normalized spacial score (nSPS) is 14.1. The number of amides is 2. The van der Waals surface area contributed by atoms with Gasteiger partial charge in [-0.15, -0.1) is 4.41 Å². The minimum atomic E-state index is -3.59. The lowest BCUT2D eigenvalue weighted by atomic mass is 10.0. The van der Waals surface area contributed by atoms with Crippen LogP contribution in [0.2, 0.25) is 0 Å². The lowest BCUT2D eigenvalue weighted by Gasteiger charge is -2.33. The fourth-order valence-electron chi connectivity index (χ4n) is 2.94. The lowest BCUT2D eigenvalue weighted by molar-refractivity contribution is 0.151. The van der Waals surface area contributed by atoms with Gasteiger partial charge in [0.15, 0.2) is 0 Å². The van der Waals surface area contributed by atoms with Gasteiger partial charge in [-0.05, 0) is 36.5 Å². The van der Waals surface area contributed by atoms with Gasteiger partial charge in [0.05, 0.1) is 5.75 Å². The average Bonchev–Trinajstić information content (AvgIpc) is 2.64. The van der Waals surface area contributed by atoms with Gasteiger partial charge in [-0.3, -0.25) is 5.43 Å². The van der Waals surface area contributed by atoms with Crippen LogP contribution in [0.15, 0.2) is 54.6 Å². The van der Waals surface area contributed by atoms with Crippen molar-refractivity contribution in [2.75, 3.05) is 25.4 Å². The molecule has 2 aromatic rings. The number of carbonyl (C=O) groups is 1. The number of aryl methyl sites for hydroxylation is 1. The van der Waals surface area contributed by atoms with Gasteiger partial charge in [-0.2, -0.15) is 0 Å². The number of hydrogen-bond donors (Lipinski definition) is 1. The Morgan fingerprint density at radius 3 is 2.41 bits per heavy atom. The quantitative estimate of drug-likeness (QED) is 0.743. The minimum absolute atomic E-state index is 0.0562. The Morgan fingerprint density at radius 2 is 1.78 bits per heavy atom. The van der Waals surface area contributed by atoms with Crippen molar-refractivity contribution in [2.24, 2.45) is 0 Å². The Morgan fingerprint density at radius 1 is 1.07 bits per heavy atom. The third kappa shape index (κ3) is 4.87. The molecular weight excluding hydrogens is 362 g/mol. The van der Waals surface area contributed by atoms with Gasteiger partial charge in [-0.1, -0.05) is 54.6 Å². The van der Waals surface area contributed by atoms with Crippen molar-refractivity contribution in [1.82, 2.24) is 14.7 Å². The molecule has 1 aliphatic heterocycles. The number of urea groups is 1. The highest BCUT2D eigenvalue weighted by Gasteiger charge is 2.27. The maximum absolute atomic E-state index is 12.6. The van der Waals surface area contributed by atoms with Crippen molar-refractivity contribution in [3.05, 3.63) is 60.2 Å². The van der Waals surface area contributed by atoms with E-state index in [1.807, 2.05) is 54.6 Å². The second-order valence-corrected chi connectivity index (χ2v) is 8.57. The molecule has 144 valence electrons. The van der Waals surface area contributed by atoms with Gasteiger partial charge >= 0.3 is 6.03 Å². The molecule has 27 heavy (non-hydrogen) atoms. The van der Waals surface area contributed by atoms with Crippen molar-refractivity contribution in [3.63, 3.8) is 0 Å². The summed E-state index contributed by atoms with van der Waals surface area (Å²) in [5.74, 6) is -0.0562. The molecule has 7 heteroatoms. The van der Waals surface area contributed by atoms with E-state index in [0.29, 0.717) is 19.5 Å². The van der Waals surface area contributed by atoms with E-state index in [4.69, 9.17) is 0 Å². The molecule has 0 aliphatic carbocycles. The number of sulfonamides is 1. The molecule has 1 N–H and O–H groups in total. The Bertz CT molecular complexity index is 880. The molecule has 0 saturated carbocycles. The zero-order valence-corrected chi connectivity index (χ0v) is 16.3. The smallest absolute Gasteiger partial charge is 0.324 e. The standard InChI is InChI=1S/C20H25N3O3S/c1-2-23(21-20(24)22-13-7-14-22)27(25,26)15-12-17-8-6-11-19(16-17)18-9-4-3-5-10-18/h3-6,8-11,16H,2,7,12-15H2,1H3,(H,21,24). The number of benzene rings is 2. The number of nitrogens with one attached hydrogen (secondary N) is 1. The van der Waals surface area contributed by atoms with E-state index in [1.54, 1.807) is 11.8 Å². The Balaban J connectivity index is 1.64. The van der Waals surface area contributed by atoms with Gasteiger partial charge < -0.3 is 4.90 Å². The first-order valence-electron chi connectivity index (χ1n) is 9.20. The van der Waals surface area contributed by atoms with Crippen LogP contribution in [-0.4, -0.2) is 49.2 Å². The first kappa shape index (κ1) is 19.4. The molecular formula is C20H25N3O3S. The van der Waals surface area contributed by atoms with E-state index in [1.165, 1.54) is 0 Å². The number of likely N-dealkylation sites (tertiary alicyclic amines) is 1. The van der Waals surface area contributed by atoms with Crippen molar-refractivity contribution >= 4 is 16.1 Å². The summed E-state index contributed by atoms with van der Waals surface area (Å²) >= 11 is 0. The minimum Gasteiger partial charge on any atom is -0.324 e. The topological polar surface area (TPSA) is 69.7 Å². The first-order valence-corrected chi connectivity index (χ1v) is 10.8. The first-order chi connectivity index (χ1) is 13.0. The van der Waals surface area contributed by atoms with Gasteiger partial charge in [0.1, 0.15) is 0 Å². The highest BCUT2D eigenvalue weighted by atomic mass is 32.2. The fraction of sp³-hybridized carbons (Fsp3) is 0.350. The maximum atomic E-state index is 12.6. The number of carbonyl (C=O) groups excluding carboxylic acids is 1. The maximum Gasteiger partial charge on any atom is 0.332 e. The monoisotopic (exact) mass is 387 g/mol. The molecule has 1 heterocycles. The molecule has 0 bridgehead atoms. The highest BCUT2D eigenvalue weighted by molar-refractivity contribution is 7.89. The van der Waals surface area contributed by atoms with Crippen LogP contribution >= 0.6 is 0 Å². The summed E-state index contributed by atoms with van der Waals surface area (Å²) in [5.41, 5.74) is 5.62. The van der Waals surface area contributed by atoms with E-state index >= 15 is 0 Å². The molecule has 0 aromatic heterocycles. The summed E-state index contributed by atoms with van der Waals surface area (Å²) in [6.07, 6.45) is 1.35. The largest absolute Gasteiger partial charge is 0.332 e. The summed E-state index contributed by atoms with van der Waals surface area (Å²) in [6, 6.07) is 17.5. The van der Waals surface area contributed by atoms with Crippen molar-refractivity contribution < 1.29 is 13.2 Å². The van der Waals surface area contributed by atoms with Crippen LogP contribution in [0.1, 0.15) is 18.9 Å². The molecule has 2 aromatic carbocycles. The third-order valence-electron chi connectivity index (χ3n) is 4.67.